The van der Waals surface area contributed by atoms with Crippen LogP contribution >= 0.6 is 0 Å². The number of ether oxygens (including phenoxy) is 3. The number of hydrogen-bond acceptors (Lipinski definition) is 7. The number of hydrogen-bond donors (Lipinski definition) is 4. The molecule has 2 aromatic carbocycles. The number of carbonyl (C=O) groups excluding carboxylic acids is 4. The minimum absolute atomic E-state index is 0.195. The maximum atomic E-state index is 12.0. The van der Waals surface area contributed by atoms with Crippen molar-refractivity contribution in [3.63, 3.8) is 0 Å². The van der Waals surface area contributed by atoms with E-state index in [-0.39, 0.29) is 29.9 Å². The highest BCUT2D eigenvalue weighted by Crippen LogP contribution is 2.31. The lowest BCUT2D eigenvalue weighted by Gasteiger charge is -2.16. The van der Waals surface area contributed by atoms with E-state index in [0.717, 1.165) is 14.2 Å². The summed E-state index contributed by atoms with van der Waals surface area (Å²) in [5.74, 6) is 0.0700. The predicted molar refractivity (Wildman–Crippen MR) is 125 cm³/mol. The van der Waals surface area contributed by atoms with Crippen LogP contribution in [0.15, 0.2) is 47.5 Å². The molecule has 12 nitrogen and oxygen atoms in total. The molecule has 4 N–H and O–H groups in total. The van der Waals surface area contributed by atoms with Gasteiger partial charge in [-0.15, -0.1) is 4.99 Å². The van der Waals surface area contributed by atoms with Crippen LogP contribution < -0.4 is 26.0 Å². The second-order valence-electron chi connectivity index (χ2n) is 6.59. The van der Waals surface area contributed by atoms with Gasteiger partial charge in [-0.3, -0.25) is 14.9 Å². The lowest BCUT2D eigenvalue weighted by Crippen LogP contribution is -2.36. The SMILES string of the molecule is CCC(=O)Nc1ccc(Oc2ccc(NC(C)=O)cc2)cc1NC(=NC(=O)OC)NC(=O)OC. The third kappa shape index (κ3) is 8.15. The van der Waals surface area contributed by atoms with Gasteiger partial charge in [0, 0.05) is 25.1 Å². The fraction of sp³-hybridized carbons (Fsp3) is 0.227. The van der Waals surface area contributed by atoms with Crippen LogP contribution in [0, 0.1) is 0 Å². The van der Waals surface area contributed by atoms with E-state index < -0.39 is 12.2 Å². The van der Waals surface area contributed by atoms with E-state index in [9.17, 15) is 19.2 Å². The quantitative estimate of drug-likeness (QED) is 0.367. The highest BCUT2D eigenvalue weighted by molar-refractivity contribution is 6.08. The molecule has 2 aromatic rings. The predicted octanol–water partition coefficient (Wildman–Crippen LogP) is 3.68. The first-order chi connectivity index (χ1) is 16.2. The van der Waals surface area contributed by atoms with E-state index in [1.54, 1.807) is 43.3 Å². The first-order valence-corrected chi connectivity index (χ1v) is 10.0. The zero-order valence-corrected chi connectivity index (χ0v) is 19.1. The second kappa shape index (κ2) is 12.4. The smallest absolute Gasteiger partial charge is 0.436 e. The molecule has 0 aliphatic heterocycles. The summed E-state index contributed by atoms with van der Waals surface area (Å²) >= 11 is 0. The maximum Gasteiger partial charge on any atom is 0.436 e. The molecule has 0 fully saturated rings. The molecule has 34 heavy (non-hydrogen) atoms. The molecule has 0 radical (unpaired) electrons. The van der Waals surface area contributed by atoms with Crippen LogP contribution in [-0.4, -0.2) is 44.2 Å². The molecule has 2 rings (SSSR count). The molecule has 0 aliphatic rings. The summed E-state index contributed by atoms with van der Waals surface area (Å²) in [6.07, 6.45) is -1.65. The molecule has 0 bridgehead atoms. The molecular formula is C22H25N5O7. The molecule has 12 heteroatoms. The van der Waals surface area contributed by atoms with Crippen molar-refractivity contribution in [1.29, 1.82) is 0 Å². The Kier molecular flexibility index (Phi) is 9.38. The summed E-state index contributed by atoms with van der Waals surface area (Å²) in [6.45, 7) is 3.10. The molecule has 180 valence electrons. The zero-order valence-electron chi connectivity index (χ0n) is 19.1. The van der Waals surface area contributed by atoms with Crippen LogP contribution in [-0.2, 0) is 19.1 Å². The molecular weight excluding hydrogens is 446 g/mol. The van der Waals surface area contributed by atoms with Gasteiger partial charge in [-0.2, -0.15) is 0 Å². The van der Waals surface area contributed by atoms with Crippen molar-refractivity contribution in [1.82, 2.24) is 5.32 Å². The molecule has 0 saturated heterocycles. The standard InChI is InChI=1S/C22H25N5O7/c1-5-19(29)24-17-11-10-16(34-15-8-6-14(7-9-15)23-13(2)28)12-18(17)25-20(26-21(30)32-3)27-22(31)33-4/h6-12H,5H2,1-4H3,(H,23,28)(H,24,29)(H2,25,26,27,30,31). The number of carbonyl (C=O) groups is 4. The number of benzene rings is 2. The molecule has 0 heterocycles. The van der Waals surface area contributed by atoms with Crippen LogP contribution in [0.4, 0.5) is 26.7 Å². The minimum atomic E-state index is -0.982. The van der Waals surface area contributed by atoms with Gasteiger partial charge >= 0.3 is 12.2 Å². The van der Waals surface area contributed by atoms with Crippen LogP contribution in [0.2, 0.25) is 0 Å². The average Bonchev–Trinajstić information content (AvgIpc) is 2.81. The largest absolute Gasteiger partial charge is 0.457 e. The summed E-state index contributed by atoms with van der Waals surface area (Å²) in [5, 5.41) is 10.4. The number of aliphatic imine (C=N–C) groups is 1. The normalized spacial score (nSPS) is 10.5. The molecule has 0 spiro atoms. The van der Waals surface area contributed by atoms with Crippen LogP contribution in [0.1, 0.15) is 20.3 Å². The van der Waals surface area contributed by atoms with Gasteiger partial charge < -0.3 is 30.2 Å². The number of methoxy groups -OCH3 is 2. The average molecular weight is 471 g/mol. The zero-order chi connectivity index (χ0) is 25.1. The number of anilines is 3. The van der Waals surface area contributed by atoms with Gasteiger partial charge in [-0.25, -0.2) is 9.59 Å². The van der Waals surface area contributed by atoms with Gasteiger partial charge in [-0.1, -0.05) is 6.92 Å². The fourth-order valence-corrected chi connectivity index (χ4v) is 2.48. The number of guanidine groups is 1. The third-order valence-electron chi connectivity index (χ3n) is 4.03. The first-order valence-electron chi connectivity index (χ1n) is 10.0. The molecule has 0 aliphatic carbocycles. The lowest BCUT2D eigenvalue weighted by atomic mass is 10.2. The Balaban J connectivity index is 2.36. The molecule has 0 unspecified atom stereocenters. The topological polar surface area (TPSA) is 156 Å². The molecule has 0 atom stereocenters. The number of amides is 4. The molecule has 0 saturated carbocycles. The summed E-state index contributed by atoms with van der Waals surface area (Å²) < 4.78 is 14.9. The Hall–Kier alpha value is -4.61. The van der Waals surface area contributed by atoms with Crippen molar-refractivity contribution in [3.05, 3.63) is 42.5 Å². The Morgan fingerprint density at radius 2 is 1.53 bits per heavy atom. The Labute approximate surface area is 195 Å². The number of rotatable bonds is 6. The number of nitrogens with one attached hydrogen (secondary N) is 4. The molecule has 4 amide bonds. The van der Waals surface area contributed by atoms with Gasteiger partial charge in [-0.05, 0) is 36.4 Å². The summed E-state index contributed by atoms with van der Waals surface area (Å²) in [5.41, 5.74) is 1.20. The van der Waals surface area contributed by atoms with Crippen molar-refractivity contribution in [2.75, 3.05) is 30.2 Å². The summed E-state index contributed by atoms with van der Waals surface area (Å²) in [7, 11) is 2.27. The van der Waals surface area contributed by atoms with Crippen LogP contribution in [0.5, 0.6) is 11.5 Å². The van der Waals surface area contributed by atoms with E-state index >= 15 is 0 Å². The van der Waals surface area contributed by atoms with Gasteiger partial charge in [0.25, 0.3) is 0 Å². The Morgan fingerprint density at radius 1 is 0.853 bits per heavy atom. The summed E-state index contributed by atoms with van der Waals surface area (Å²) in [4.78, 5) is 50.0. The lowest BCUT2D eigenvalue weighted by molar-refractivity contribution is -0.116. The molecule has 0 aromatic heterocycles. The van der Waals surface area contributed by atoms with Gasteiger partial charge in [0.15, 0.2) is 0 Å². The highest BCUT2D eigenvalue weighted by Gasteiger charge is 2.14. The monoisotopic (exact) mass is 471 g/mol. The van der Waals surface area contributed by atoms with E-state index in [4.69, 9.17) is 4.74 Å². The minimum Gasteiger partial charge on any atom is -0.457 e. The van der Waals surface area contributed by atoms with Gasteiger partial charge in [0.1, 0.15) is 11.5 Å². The Bertz CT molecular complexity index is 1080. The maximum absolute atomic E-state index is 12.0. The van der Waals surface area contributed by atoms with E-state index in [0.29, 0.717) is 22.9 Å². The van der Waals surface area contributed by atoms with Crippen molar-refractivity contribution in [3.8, 4) is 11.5 Å². The van der Waals surface area contributed by atoms with E-state index in [1.807, 2.05) is 0 Å². The van der Waals surface area contributed by atoms with Crippen LogP contribution in [0.3, 0.4) is 0 Å². The van der Waals surface area contributed by atoms with Crippen molar-refractivity contribution in [2.45, 2.75) is 20.3 Å². The van der Waals surface area contributed by atoms with Crippen LogP contribution in [0.25, 0.3) is 0 Å². The first kappa shape index (κ1) is 25.6. The Morgan fingerprint density at radius 3 is 2.12 bits per heavy atom. The summed E-state index contributed by atoms with van der Waals surface area (Å²) in [6, 6.07) is 11.4. The third-order valence-corrected chi connectivity index (χ3v) is 4.03. The van der Waals surface area contributed by atoms with E-state index in [2.05, 4.69) is 35.7 Å². The van der Waals surface area contributed by atoms with Crippen molar-refractivity contribution >= 4 is 47.0 Å². The van der Waals surface area contributed by atoms with Crippen molar-refractivity contribution < 1.29 is 33.4 Å². The van der Waals surface area contributed by atoms with Gasteiger partial charge in [0.2, 0.25) is 17.8 Å². The number of alkyl carbamates (subject to hydrolysis) is 1. The van der Waals surface area contributed by atoms with Crippen molar-refractivity contribution in [2.24, 2.45) is 4.99 Å². The van der Waals surface area contributed by atoms with Gasteiger partial charge in [0.05, 0.1) is 25.6 Å². The van der Waals surface area contributed by atoms with E-state index in [1.165, 1.54) is 13.0 Å². The fourth-order valence-electron chi connectivity index (χ4n) is 2.48. The second-order valence-corrected chi connectivity index (χ2v) is 6.59. The highest BCUT2D eigenvalue weighted by atomic mass is 16.5. The number of nitrogens with zero attached hydrogens (tertiary/aromatic N) is 1.